The van der Waals surface area contributed by atoms with Crippen LogP contribution in [-0.2, 0) is 20.9 Å². The van der Waals surface area contributed by atoms with Crippen LogP contribution < -0.4 is 0 Å². The molecule has 164 valence electrons. The van der Waals surface area contributed by atoms with Crippen molar-refractivity contribution in [2.45, 2.75) is 53.0 Å². The van der Waals surface area contributed by atoms with Crippen LogP contribution in [0.15, 0.2) is 41.5 Å². The molecule has 0 saturated carbocycles. The maximum absolute atomic E-state index is 12.5. The summed E-state index contributed by atoms with van der Waals surface area (Å²) < 4.78 is 7.21. The first-order valence-electron chi connectivity index (χ1n) is 10.7. The molecule has 7 heteroatoms. The minimum atomic E-state index is -0.560. The Morgan fingerprint density at radius 1 is 1.10 bits per heavy atom. The van der Waals surface area contributed by atoms with Gasteiger partial charge >= 0.3 is 5.97 Å². The fraction of sp³-hybridized carbons (Fsp3) is 0.417. The zero-order valence-electron chi connectivity index (χ0n) is 18.4. The van der Waals surface area contributed by atoms with Gasteiger partial charge in [-0.2, -0.15) is 5.10 Å². The standard InChI is InChI=1S/C24H29N3O4/c1-4-13-26-17(2)15-20(18(26)3)22(28)16-31-24(30)11-10-23(29)27-14-12-21(25-27)19-8-6-5-7-9-19/h5-9,15H,4,10-14,16H2,1-3H3. The third kappa shape index (κ3) is 5.48. The predicted molar refractivity (Wildman–Crippen MR) is 118 cm³/mol. The molecule has 1 aliphatic rings. The second-order valence-electron chi connectivity index (χ2n) is 7.70. The second-order valence-corrected chi connectivity index (χ2v) is 7.70. The van der Waals surface area contributed by atoms with Crippen molar-refractivity contribution in [3.05, 3.63) is 58.9 Å². The molecule has 2 heterocycles. The molecule has 31 heavy (non-hydrogen) atoms. The smallest absolute Gasteiger partial charge is 0.306 e. The number of nitrogens with zero attached hydrogens (tertiary/aromatic N) is 3. The number of benzene rings is 1. The van der Waals surface area contributed by atoms with Gasteiger partial charge in [-0.3, -0.25) is 14.4 Å². The number of carbonyl (C=O) groups is 3. The number of hydrogen-bond acceptors (Lipinski definition) is 5. The summed E-state index contributed by atoms with van der Waals surface area (Å²) in [6, 6.07) is 11.5. The molecule has 0 aliphatic carbocycles. The van der Waals surface area contributed by atoms with E-state index in [1.165, 1.54) is 5.01 Å². The van der Waals surface area contributed by atoms with E-state index in [0.717, 1.165) is 35.6 Å². The first-order chi connectivity index (χ1) is 14.9. The molecule has 1 aromatic heterocycles. The van der Waals surface area contributed by atoms with Crippen molar-refractivity contribution in [1.29, 1.82) is 0 Å². The van der Waals surface area contributed by atoms with Crippen molar-refractivity contribution >= 4 is 23.4 Å². The number of amides is 1. The molecule has 1 aliphatic heterocycles. The molecular formula is C24H29N3O4. The molecule has 3 rings (SSSR count). The van der Waals surface area contributed by atoms with Crippen molar-refractivity contribution in [3.63, 3.8) is 0 Å². The summed E-state index contributed by atoms with van der Waals surface area (Å²) in [6.07, 6.45) is 1.59. The Labute approximate surface area is 182 Å². The van der Waals surface area contributed by atoms with Gasteiger partial charge in [0.05, 0.1) is 18.7 Å². The fourth-order valence-corrected chi connectivity index (χ4v) is 3.76. The molecule has 0 bridgehead atoms. The first kappa shape index (κ1) is 22.5. The van der Waals surface area contributed by atoms with E-state index in [4.69, 9.17) is 4.74 Å². The van der Waals surface area contributed by atoms with Crippen molar-refractivity contribution in [2.75, 3.05) is 13.2 Å². The Kier molecular flexibility index (Phi) is 7.39. The van der Waals surface area contributed by atoms with Gasteiger partial charge in [0.2, 0.25) is 11.7 Å². The number of rotatable bonds is 9. The van der Waals surface area contributed by atoms with Crippen molar-refractivity contribution in [3.8, 4) is 0 Å². The average Bonchev–Trinajstić information content (AvgIpc) is 3.38. The van der Waals surface area contributed by atoms with E-state index < -0.39 is 5.97 Å². The molecule has 1 aromatic carbocycles. The van der Waals surface area contributed by atoms with Gasteiger partial charge in [0.1, 0.15) is 0 Å². The molecule has 0 unspecified atom stereocenters. The van der Waals surface area contributed by atoms with Gasteiger partial charge < -0.3 is 9.30 Å². The highest BCUT2D eigenvalue weighted by molar-refractivity contribution is 6.02. The third-order valence-electron chi connectivity index (χ3n) is 5.43. The topological polar surface area (TPSA) is 81.0 Å². The van der Waals surface area contributed by atoms with Gasteiger partial charge in [0.15, 0.2) is 6.61 Å². The predicted octanol–water partition coefficient (Wildman–Crippen LogP) is 3.66. The van der Waals surface area contributed by atoms with Gasteiger partial charge in [0, 0.05) is 36.3 Å². The summed E-state index contributed by atoms with van der Waals surface area (Å²) in [5, 5.41) is 5.78. The van der Waals surface area contributed by atoms with Gasteiger partial charge in [-0.1, -0.05) is 37.3 Å². The second kappa shape index (κ2) is 10.2. The minimum Gasteiger partial charge on any atom is -0.457 e. The lowest BCUT2D eigenvalue weighted by Crippen LogP contribution is -2.24. The van der Waals surface area contributed by atoms with Crippen LogP contribution in [0.5, 0.6) is 0 Å². The monoisotopic (exact) mass is 423 g/mol. The Morgan fingerprint density at radius 2 is 1.84 bits per heavy atom. The zero-order valence-corrected chi connectivity index (χ0v) is 18.4. The number of ketones is 1. The van der Waals surface area contributed by atoms with Crippen LogP contribution in [0.25, 0.3) is 0 Å². The van der Waals surface area contributed by atoms with E-state index in [9.17, 15) is 14.4 Å². The van der Waals surface area contributed by atoms with E-state index in [1.54, 1.807) is 0 Å². The Morgan fingerprint density at radius 3 is 2.55 bits per heavy atom. The van der Waals surface area contributed by atoms with Gasteiger partial charge in [-0.05, 0) is 31.9 Å². The highest BCUT2D eigenvalue weighted by Crippen LogP contribution is 2.17. The number of aromatic nitrogens is 1. The lowest BCUT2D eigenvalue weighted by Gasteiger charge is -2.11. The van der Waals surface area contributed by atoms with Gasteiger partial charge in [0.25, 0.3) is 0 Å². The highest BCUT2D eigenvalue weighted by Gasteiger charge is 2.23. The summed E-state index contributed by atoms with van der Waals surface area (Å²) in [5.74, 6) is -1.01. The summed E-state index contributed by atoms with van der Waals surface area (Å²) in [6.45, 7) is 6.97. The van der Waals surface area contributed by atoms with E-state index in [1.807, 2.05) is 50.2 Å². The van der Waals surface area contributed by atoms with Crippen LogP contribution in [0.1, 0.15) is 59.9 Å². The van der Waals surface area contributed by atoms with Crippen LogP contribution in [-0.4, -0.2) is 46.1 Å². The molecule has 2 aromatic rings. The van der Waals surface area contributed by atoms with E-state index >= 15 is 0 Å². The van der Waals surface area contributed by atoms with Crippen LogP contribution in [0.3, 0.4) is 0 Å². The van der Waals surface area contributed by atoms with Gasteiger partial charge in [-0.15, -0.1) is 0 Å². The third-order valence-corrected chi connectivity index (χ3v) is 5.43. The fourth-order valence-electron chi connectivity index (χ4n) is 3.76. The van der Waals surface area contributed by atoms with Gasteiger partial charge in [-0.25, -0.2) is 5.01 Å². The summed E-state index contributed by atoms with van der Waals surface area (Å²) in [5.41, 5.74) is 4.34. The normalized spacial score (nSPS) is 13.3. The molecule has 0 atom stereocenters. The summed E-state index contributed by atoms with van der Waals surface area (Å²) in [7, 11) is 0. The molecule has 0 fully saturated rings. The highest BCUT2D eigenvalue weighted by atomic mass is 16.5. The molecule has 7 nitrogen and oxygen atoms in total. The molecule has 1 amide bonds. The average molecular weight is 424 g/mol. The Balaban J connectivity index is 1.46. The van der Waals surface area contributed by atoms with Crippen LogP contribution >= 0.6 is 0 Å². The summed E-state index contributed by atoms with van der Waals surface area (Å²) >= 11 is 0. The van der Waals surface area contributed by atoms with Crippen molar-refractivity contribution < 1.29 is 19.1 Å². The molecule has 0 saturated heterocycles. The maximum Gasteiger partial charge on any atom is 0.306 e. The van der Waals surface area contributed by atoms with E-state index in [0.29, 0.717) is 18.5 Å². The number of aryl methyl sites for hydroxylation is 1. The van der Waals surface area contributed by atoms with Crippen LogP contribution in [0.4, 0.5) is 0 Å². The minimum absolute atomic E-state index is 0.00358. The lowest BCUT2D eigenvalue weighted by atomic mass is 10.1. The molecule has 0 N–H and O–H groups in total. The Hall–Kier alpha value is -3.22. The summed E-state index contributed by atoms with van der Waals surface area (Å²) in [4.78, 5) is 36.9. The Bertz CT molecular complexity index is 992. The first-order valence-corrected chi connectivity index (χ1v) is 10.7. The number of ether oxygens (including phenoxy) is 1. The van der Waals surface area contributed by atoms with E-state index in [-0.39, 0.29) is 31.1 Å². The maximum atomic E-state index is 12.5. The van der Waals surface area contributed by atoms with Crippen molar-refractivity contribution in [2.24, 2.45) is 5.10 Å². The lowest BCUT2D eigenvalue weighted by molar-refractivity contribution is -0.145. The number of esters is 1. The number of hydrogen-bond donors (Lipinski definition) is 0. The SMILES string of the molecule is CCCn1c(C)cc(C(=O)COC(=O)CCC(=O)N2CCC(c3ccccc3)=N2)c1C. The molecule has 0 radical (unpaired) electrons. The zero-order chi connectivity index (χ0) is 22.4. The number of Topliss-reactive ketones (excluding diaryl/α,β-unsaturated/α-hetero) is 1. The quantitative estimate of drug-likeness (QED) is 0.455. The number of hydrazone groups is 1. The number of carbonyl (C=O) groups excluding carboxylic acids is 3. The van der Waals surface area contributed by atoms with Crippen LogP contribution in [0, 0.1) is 13.8 Å². The largest absolute Gasteiger partial charge is 0.457 e. The van der Waals surface area contributed by atoms with Crippen LogP contribution in [0.2, 0.25) is 0 Å². The molecular weight excluding hydrogens is 394 g/mol. The molecule has 0 spiro atoms. The van der Waals surface area contributed by atoms with E-state index in [2.05, 4.69) is 16.6 Å². The van der Waals surface area contributed by atoms with Crippen molar-refractivity contribution in [1.82, 2.24) is 9.58 Å².